The Bertz CT molecular complexity index is 610. The van der Waals surface area contributed by atoms with Crippen LogP contribution in [0.5, 0.6) is 0 Å². The summed E-state index contributed by atoms with van der Waals surface area (Å²) < 4.78 is 46.5. The molecule has 4 N–H and O–H groups in total. The van der Waals surface area contributed by atoms with E-state index in [1.165, 1.54) is 6.07 Å². The Balaban J connectivity index is 2.69. The molecule has 0 fully saturated rings. The molecule has 0 bridgehead atoms. The molecule has 0 heterocycles. The molecule has 0 amide bonds. The van der Waals surface area contributed by atoms with Crippen LogP contribution in [0, 0.1) is 0 Å². The number of primary sulfonamides is 1. The lowest BCUT2D eigenvalue weighted by Gasteiger charge is -2.10. The van der Waals surface area contributed by atoms with Gasteiger partial charge in [-0.1, -0.05) is 12.1 Å². The maximum Gasteiger partial charge on any atom is 0.240 e. The number of hydrogen-bond acceptors (Lipinski definition) is 5. The van der Waals surface area contributed by atoms with Crippen LogP contribution in [0.3, 0.4) is 0 Å². The second-order valence-electron chi connectivity index (χ2n) is 3.63. The number of para-hydroxylation sites is 1. The molecule has 1 aromatic carbocycles. The Morgan fingerprint density at radius 2 is 1.72 bits per heavy atom. The molecule has 1 rings (SSSR count). The monoisotopic (exact) mass is 293 g/mol. The van der Waals surface area contributed by atoms with E-state index in [9.17, 15) is 16.8 Å². The minimum atomic E-state index is -3.80. The first-order valence-electron chi connectivity index (χ1n) is 5.00. The van der Waals surface area contributed by atoms with Gasteiger partial charge in [-0.3, -0.25) is 0 Å². The van der Waals surface area contributed by atoms with Gasteiger partial charge in [-0.15, -0.1) is 0 Å². The number of anilines is 1. The van der Waals surface area contributed by atoms with E-state index in [0.29, 0.717) is 5.69 Å². The Morgan fingerprint density at radius 1 is 1.11 bits per heavy atom. The molecule has 0 atom stereocenters. The van der Waals surface area contributed by atoms with Crippen LogP contribution in [-0.4, -0.2) is 36.2 Å². The second-order valence-corrected chi connectivity index (χ2v) is 7.00. The first-order valence-corrected chi connectivity index (χ1v) is 8.44. The number of sulfonamides is 2. The number of rotatable bonds is 6. The van der Waals surface area contributed by atoms with E-state index < -0.39 is 20.0 Å². The van der Waals surface area contributed by atoms with Gasteiger partial charge in [0, 0.05) is 13.1 Å². The Kier molecular flexibility index (Phi) is 4.68. The number of nitrogens with one attached hydrogen (secondary N) is 2. The van der Waals surface area contributed by atoms with Crippen LogP contribution in [0.2, 0.25) is 0 Å². The summed E-state index contributed by atoms with van der Waals surface area (Å²) in [5, 5.41) is 7.86. The van der Waals surface area contributed by atoms with E-state index in [-0.39, 0.29) is 18.0 Å². The van der Waals surface area contributed by atoms with Crippen molar-refractivity contribution in [1.29, 1.82) is 0 Å². The van der Waals surface area contributed by atoms with Gasteiger partial charge in [-0.2, -0.15) is 0 Å². The zero-order chi connectivity index (χ0) is 13.8. The summed E-state index contributed by atoms with van der Waals surface area (Å²) in [6.45, 7) is 0.400. The molecule has 0 spiro atoms. The van der Waals surface area contributed by atoms with Gasteiger partial charge in [-0.25, -0.2) is 26.7 Å². The summed E-state index contributed by atoms with van der Waals surface area (Å²) in [6, 6.07) is 6.14. The molecule has 0 aliphatic heterocycles. The zero-order valence-corrected chi connectivity index (χ0v) is 11.4. The highest BCUT2D eigenvalue weighted by Crippen LogP contribution is 2.18. The molecule has 0 unspecified atom stereocenters. The van der Waals surface area contributed by atoms with Gasteiger partial charge in [0.15, 0.2) is 0 Å². The molecule has 0 aliphatic rings. The van der Waals surface area contributed by atoms with Crippen molar-refractivity contribution in [3.8, 4) is 0 Å². The van der Waals surface area contributed by atoms with Gasteiger partial charge >= 0.3 is 0 Å². The second kappa shape index (κ2) is 5.65. The third kappa shape index (κ3) is 5.00. The van der Waals surface area contributed by atoms with Crippen LogP contribution in [0.15, 0.2) is 29.2 Å². The van der Waals surface area contributed by atoms with Crippen molar-refractivity contribution < 1.29 is 16.8 Å². The van der Waals surface area contributed by atoms with Crippen molar-refractivity contribution >= 4 is 25.7 Å². The molecule has 102 valence electrons. The summed E-state index contributed by atoms with van der Waals surface area (Å²) in [4.78, 5) is -0.0237. The average molecular weight is 293 g/mol. The normalized spacial score (nSPS) is 12.3. The van der Waals surface area contributed by atoms with Crippen molar-refractivity contribution in [2.45, 2.75) is 4.90 Å². The van der Waals surface area contributed by atoms with Gasteiger partial charge in [0.25, 0.3) is 0 Å². The highest BCUT2D eigenvalue weighted by Gasteiger charge is 2.12. The van der Waals surface area contributed by atoms with E-state index in [0.717, 1.165) is 6.26 Å². The average Bonchev–Trinajstić information content (AvgIpc) is 2.22. The largest absolute Gasteiger partial charge is 0.383 e. The molecule has 0 saturated heterocycles. The molecule has 0 aliphatic carbocycles. The molecule has 0 radical (unpaired) electrons. The SMILES string of the molecule is CS(=O)(=O)NCCNc1ccccc1S(N)(=O)=O. The lowest BCUT2D eigenvalue weighted by atomic mass is 10.3. The third-order valence-electron chi connectivity index (χ3n) is 2.00. The van der Waals surface area contributed by atoms with Crippen molar-refractivity contribution in [3.63, 3.8) is 0 Å². The molecule has 18 heavy (non-hydrogen) atoms. The fraction of sp³-hybridized carbons (Fsp3) is 0.333. The summed E-state index contributed by atoms with van der Waals surface area (Å²) in [5.74, 6) is 0. The van der Waals surface area contributed by atoms with E-state index in [1.54, 1.807) is 18.2 Å². The predicted molar refractivity (Wildman–Crippen MR) is 69.2 cm³/mol. The number of hydrogen-bond donors (Lipinski definition) is 3. The summed E-state index contributed by atoms with van der Waals surface area (Å²) in [7, 11) is -7.05. The minimum Gasteiger partial charge on any atom is -0.383 e. The van der Waals surface area contributed by atoms with Crippen molar-refractivity contribution in [1.82, 2.24) is 4.72 Å². The maximum absolute atomic E-state index is 11.3. The van der Waals surface area contributed by atoms with E-state index in [1.807, 2.05) is 0 Å². The lowest BCUT2D eigenvalue weighted by Crippen LogP contribution is -2.28. The topological polar surface area (TPSA) is 118 Å². The van der Waals surface area contributed by atoms with Crippen LogP contribution >= 0.6 is 0 Å². The zero-order valence-electron chi connectivity index (χ0n) is 9.75. The van der Waals surface area contributed by atoms with E-state index in [2.05, 4.69) is 10.0 Å². The maximum atomic E-state index is 11.3. The molecular formula is C9H15N3O4S2. The van der Waals surface area contributed by atoms with Gasteiger partial charge in [-0.05, 0) is 12.1 Å². The lowest BCUT2D eigenvalue weighted by molar-refractivity contribution is 0.588. The molecule has 0 aromatic heterocycles. The van der Waals surface area contributed by atoms with Crippen molar-refractivity contribution in [2.75, 3.05) is 24.7 Å². The minimum absolute atomic E-state index is 0.0237. The number of nitrogens with two attached hydrogens (primary N) is 1. The van der Waals surface area contributed by atoms with E-state index in [4.69, 9.17) is 5.14 Å². The predicted octanol–water partition coefficient (Wildman–Crippen LogP) is -0.705. The molecule has 7 nitrogen and oxygen atoms in total. The molecular weight excluding hydrogens is 278 g/mol. The fourth-order valence-electron chi connectivity index (χ4n) is 1.29. The summed E-state index contributed by atoms with van der Waals surface area (Å²) in [6.07, 6.45) is 1.05. The summed E-state index contributed by atoms with van der Waals surface area (Å²) >= 11 is 0. The molecule has 9 heteroatoms. The van der Waals surface area contributed by atoms with Crippen molar-refractivity contribution in [2.24, 2.45) is 5.14 Å². The Morgan fingerprint density at radius 3 is 2.28 bits per heavy atom. The third-order valence-corrected chi connectivity index (χ3v) is 3.70. The smallest absolute Gasteiger partial charge is 0.240 e. The first-order chi connectivity index (χ1) is 8.20. The molecule has 1 aromatic rings. The Labute approximate surface area is 106 Å². The van der Waals surface area contributed by atoms with Gasteiger partial charge in [0.05, 0.1) is 11.9 Å². The van der Waals surface area contributed by atoms with Gasteiger partial charge in [0.2, 0.25) is 20.0 Å². The number of benzene rings is 1. The Hall–Kier alpha value is -1.16. The van der Waals surface area contributed by atoms with Crippen LogP contribution in [0.25, 0.3) is 0 Å². The highest BCUT2D eigenvalue weighted by atomic mass is 32.2. The highest BCUT2D eigenvalue weighted by molar-refractivity contribution is 7.89. The van der Waals surface area contributed by atoms with Crippen LogP contribution in [0.1, 0.15) is 0 Å². The first kappa shape index (κ1) is 14.9. The quantitative estimate of drug-likeness (QED) is 0.599. The fourth-order valence-corrected chi connectivity index (χ4v) is 2.48. The van der Waals surface area contributed by atoms with Crippen LogP contribution in [-0.2, 0) is 20.0 Å². The molecule has 0 saturated carbocycles. The standard InChI is InChI=1S/C9H15N3O4S2/c1-17(13,14)12-7-6-11-8-4-2-3-5-9(8)18(10,15)16/h2-5,11-12H,6-7H2,1H3,(H2,10,15,16). The van der Waals surface area contributed by atoms with E-state index >= 15 is 0 Å². The van der Waals surface area contributed by atoms with Gasteiger partial charge < -0.3 is 5.32 Å². The van der Waals surface area contributed by atoms with Gasteiger partial charge in [0.1, 0.15) is 4.90 Å². The van der Waals surface area contributed by atoms with Crippen molar-refractivity contribution in [3.05, 3.63) is 24.3 Å². The summed E-state index contributed by atoms with van der Waals surface area (Å²) in [5.41, 5.74) is 0.343. The van der Waals surface area contributed by atoms with Crippen LogP contribution < -0.4 is 15.2 Å². The van der Waals surface area contributed by atoms with Crippen LogP contribution in [0.4, 0.5) is 5.69 Å².